The number of nitrogens with one attached hydrogen (secondary N) is 1. The van der Waals surface area contributed by atoms with E-state index in [1.165, 1.54) is 12.1 Å². The van der Waals surface area contributed by atoms with Crippen LogP contribution in [0.3, 0.4) is 0 Å². The number of benzene rings is 2. The van der Waals surface area contributed by atoms with Crippen LogP contribution in [0.15, 0.2) is 54.6 Å². The predicted octanol–water partition coefficient (Wildman–Crippen LogP) is 2.77. The van der Waals surface area contributed by atoms with Crippen molar-refractivity contribution in [2.75, 3.05) is 45.2 Å². The lowest BCUT2D eigenvalue weighted by molar-refractivity contribution is -0.130. The van der Waals surface area contributed by atoms with Crippen LogP contribution >= 0.6 is 0 Å². The maximum absolute atomic E-state index is 11.7. The molecule has 0 bridgehead atoms. The average Bonchev–Trinajstić information content (AvgIpc) is 3.16. The van der Waals surface area contributed by atoms with Crippen molar-refractivity contribution in [2.45, 2.75) is 13.0 Å². The molecule has 1 saturated heterocycles. The summed E-state index contributed by atoms with van der Waals surface area (Å²) >= 11 is 0. The Morgan fingerprint density at radius 3 is 2.67 bits per heavy atom. The average molecular weight is 367 g/mol. The molecule has 1 amide bonds. The van der Waals surface area contributed by atoms with Crippen LogP contribution in [0.4, 0.5) is 5.69 Å². The smallest absolute Gasteiger partial charge is 0.259 e. The molecular formula is C22H29N3O2. The Balaban J connectivity index is 1.46. The number of anilines is 1. The molecule has 0 unspecified atom stereocenters. The molecule has 3 rings (SSSR count). The Morgan fingerprint density at radius 1 is 1.15 bits per heavy atom. The fraction of sp³-hybridized carbons (Fsp3) is 0.409. The van der Waals surface area contributed by atoms with Gasteiger partial charge in [-0.05, 0) is 30.5 Å². The summed E-state index contributed by atoms with van der Waals surface area (Å²) < 4.78 is 5.72. The van der Waals surface area contributed by atoms with Gasteiger partial charge in [0.25, 0.3) is 5.91 Å². The third kappa shape index (κ3) is 5.47. The number of likely N-dealkylation sites (N-methyl/N-ethyl adjacent to an activating group) is 1. The highest BCUT2D eigenvalue weighted by atomic mass is 16.5. The Morgan fingerprint density at radius 2 is 1.89 bits per heavy atom. The molecule has 5 nitrogen and oxygen atoms in total. The van der Waals surface area contributed by atoms with E-state index in [4.69, 9.17) is 4.74 Å². The molecule has 1 atom stereocenters. The summed E-state index contributed by atoms with van der Waals surface area (Å²) in [7, 11) is 3.47. The van der Waals surface area contributed by atoms with E-state index in [9.17, 15) is 4.79 Å². The largest absolute Gasteiger partial charge is 0.483 e. The molecule has 0 saturated carbocycles. The van der Waals surface area contributed by atoms with Gasteiger partial charge in [-0.15, -0.1) is 0 Å². The van der Waals surface area contributed by atoms with Crippen molar-refractivity contribution in [3.8, 4) is 5.75 Å². The van der Waals surface area contributed by atoms with Crippen molar-refractivity contribution in [2.24, 2.45) is 5.92 Å². The van der Waals surface area contributed by atoms with Gasteiger partial charge in [-0.3, -0.25) is 4.79 Å². The van der Waals surface area contributed by atoms with Gasteiger partial charge in [-0.1, -0.05) is 36.4 Å². The summed E-state index contributed by atoms with van der Waals surface area (Å²) in [4.78, 5) is 15.7. The van der Waals surface area contributed by atoms with Crippen LogP contribution in [0.1, 0.15) is 12.0 Å². The van der Waals surface area contributed by atoms with Crippen molar-refractivity contribution in [3.05, 3.63) is 60.2 Å². The van der Waals surface area contributed by atoms with Crippen molar-refractivity contribution >= 4 is 11.6 Å². The molecule has 144 valence electrons. The number of nitrogens with zero attached hydrogens (tertiary/aromatic N) is 2. The minimum atomic E-state index is -0.0373. The monoisotopic (exact) mass is 367 g/mol. The summed E-state index contributed by atoms with van der Waals surface area (Å²) in [6, 6.07) is 18.5. The molecule has 0 radical (unpaired) electrons. The molecule has 0 aliphatic carbocycles. The summed E-state index contributed by atoms with van der Waals surface area (Å²) in [5.41, 5.74) is 2.39. The van der Waals surface area contributed by atoms with Gasteiger partial charge in [0.05, 0.1) is 0 Å². The fourth-order valence-electron chi connectivity index (χ4n) is 3.34. The molecule has 2 aromatic rings. The quantitative estimate of drug-likeness (QED) is 0.779. The number of rotatable bonds is 8. The maximum atomic E-state index is 11.7. The van der Waals surface area contributed by atoms with Gasteiger partial charge in [-0.25, -0.2) is 0 Å². The molecule has 1 fully saturated rings. The first-order valence-electron chi connectivity index (χ1n) is 9.55. The molecule has 1 N–H and O–H groups in total. The van der Waals surface area contributed by atoms with Crippen LogP contribution in [0.2, 0.25) is 0 Å². The van der Waals surface area contributed by atoms with E-state index >= 15 is 0 Å². The highest BCUT2D eigenvalue weighted by Crippen LogP contribution is 2.23. The van der Waals surface area contributed by atoms with Crippen LogP contribution in [-0.2, 0) is 11.3 Å². The van der Waals surface area contributed by atoms with Crippen LogP contribution in [0.5, 0.6) is 5.75 Å². The van der Waals surface area contributed by atoms with Crippen LogP contribution in [0.25, 0.3) is 0 Å². The number of hydrogen-bond donors (Lipinski definition) is 1. The molecule has 27 heavy (non-hydrogen) atoms. The lowest BCUT2D eigenvalue weighted by Crippen LogP contribution is -2.28. The Kier molecular flexibility index (Phi) is 6.71. The standard InChI is InChI=1S/C22H29N3O2/c1-24(2)22(26)17-27-21-11-7-6-8-19(21)15-23-14-18-12-13-25(16-18)20-9-4-3-5-10-20/h3-11,18,23H,12-17H2,1-2H3/t18-/m1/s1. The second-order valence-electron chi connectivity index (χ2n) is 7.25. The highest BCUT2D eigenvalue weighted by Gasteiger charge is 2.22. The van der Waals surface area contributed by atoms with E-state index in [-0.39, 0.29) is 12.5 Å². The Hall–Kier alpha value is -2.53. The van der Waals surface area contributed by atoms with E-state index < -0.39 is 0 Å². The topological polar surface area (TPSA) is 44.8 Å². The first-order valence-corrected chi connectivity index (χ1v) is 9.55. The number of carbonyl (C=O) groups excluding carboxylic acids is 1. The van der Waals surface area contributed by atoms with Crippen molar-refractivity contribution < 1.29 is 9.53 Å². The number of amides is 1. The minimum Gasteiger partial charge on any atom is -0.483 e. The molecule has 5 heteroatoms. The molecule has 1 heterocycles. The number of ether oxygens (including phenoxy) is 1. The maximum Gasteiger partial charge on any atom is 0.259 e. The van der Waals surface area contributed by atoms with Crippen LogP contribution in [-0.4, -0.2) is 51.1 Å². The molecule has 0 aromatic heterocycles. The van der Waals surface area contributed by atoms with Gasteiger partial charge in [0, 0.05) is 51.5 Å². The van der Waals surface area contributed by atoms with Crippen LogP contribution in [0, 0.1) is 5.92 Å². The van der Waals surface area contributed by atoms with Crippen molar-refractivity contribution in [1.82, 2.24) is 10.2 Å². The third-order valence-electron chi connectivity index (χ3n) is 4.98. The van der Waals surface area contributed by atoms with Gasteiger partial charge < -0.3 is 19.9 Å². The lowest BCUT2D eigenvalue weighted by Gasteiger charge is -2.19. The molecule has 2 aromatic carbocycles. The van der Waals surface area contributed by atoms with E-state index in [1.54, 1.807) is 19.0 Å². The molecule has 1 aliphatic heterocycles. The molecular weight excluding hydrogens is 338 g/mol. The van der Waals surface area contributed by atoms with Crippen LogP contribution < -0.4 is 15.0 Å². The number of para-hydroxylation sites is 2. The SMILES string of the molecule is CN(C)C(=O)COc1ccccc1CNC[C@H]1CCN(c2ccccc2)C1. The lowest BCUT2D eigenvalue weighted by atomic mass is 10.1. The third-order valence-corrected chi connectivity index (χ3v) is 4.98. The van der Waals surface area contributed by atoms with Gasteiger partial charge in [0.1, 0.15) is 5.75 Å². The van der Waals surface area contributed by atoms with E-state index in [0.29, 0.717) is 5.92 Å². The zero-order valence-electron chi connectivity index (χ0n) is 16.2. The first-order chi connectivity index (χ1) is 13.1. The molecule has 0 spiro atoms. The number of carbonyl (C=O) groups is 1. The van der Waals surface area contributed by atoms with E-state index in [2.05, 4.69) is 40.5 Å². The van der Waals surface area contributed by atoms with E-state index in [0.717, 1.165) is 37.5 Å². The zero-order valence-corrected chi connectivity index (χ0v) is 16.2. The second-order valence-corrected chi connectivity index (χ2v) is 7.25. The fourth-order valence-corrected chi connectivity index (χ4v) is 3.34. The summed E-state index contributed by atoms with van der Waals surface area (Å²) in [5.74, 6) is 1.39. The second kappa shape index (κ2) is 9.42. The van der Waals surface area contributed by atoms with Gasteiger partial charge >= 0.3 is 0 Å². The van der Waals surface area contributed by atoms with Gasteiger partial charge in [-0.2, -0.15) is 0 Å². The Bertz CT molecular complexity index is 733. The minimum absolute atomic E-state index is 0.0373. The van der Waals surface area contributed by atoms with Crippen molar-refractivity contribution in [1.29, 1.82) is 0 Å². The Labute approximate surface area is 161 Å². The first kappa shape index (κ1) is 19.2. The van der Waals surface area contributed by atoms with E-state index in [1.807, 2.05) is 24.3 Å². The normalized spacial score (nSPS) is 16.4. The van der Waals surface area contributed by atoms with Crippen molar-refractivity contribution in [3.63, 3.8) is 0 Å². The summed E-state index contributed by atoms with van der Waals surface area (Å²) in [6.07, 6.45) is 1.21. The molecule has 1 aliphatic rings. The predicted molar refractivity (Wildman–Crippen MR) is 109 cm³/mol. The highest BCUT2D eigenvalue weighted by molar-refractivity contribution is 5.77. The zero-order chi connectivity index (χ0) is 19.1. The van der Waals surface area contributed by atoms with Gasteiger partial charge in [0.2, 0.25) is 0 Å². The van der Waals surface area contributed by atoms with Gasteiger partial charge in [0.15, 0.2) is 6.61 Å². The number of hydrogen-bond acceptors (Lipinski definition) is 4. The summed E-state index contributed by atoms with van der Waals surface area (Å²) in [5, 5.41) is 3.56. The summed E-state index contributed by atoms with van der Waals surface area (Å²) in [6.45, 7) is 4.00.